The molecule has 2 aromatic heterocycles. The van der Waals surface area contributed by atoms with Crippen LogP contribution in [-0.2, 0) is 13.5 Å². The number of nitrogens with zero attached hydrogens (tertiary/aromatic N) is 2. The lowest BCUT2D eigenvalue weighted by Gasteiger charge is -2.14. The molecule has 1 aromatic carbocycles. The first-order valence-corrected chi connectivity index (χ1v) is 8.60. The molecule has 4 rings (SSSR count). The van der Waals surface area contributed by atoms with E-state index in [0.29, 0.717) is 5.56 Å². The Kier molecular flexibility index (Phi) is 2.78. The molecule has 2 nitrogen and oxygen atoms in total. The van der Waals surface area contributed by atoms with Crippen molar-refractivity contribution in [2.45, 2.75) is 39.9 Å². The summed E-state index contributed by atoms with van der Waals surface area (Å²) >= 11 is 0. The molecule has 126 valence electrons. The predicted molar refractivity (Wildman–Crippen MR) is 103 cm³/mol. The Hall–Kier alpha value is -2.48. The minimum atomic E-state index is -2.27. The number of hydrogen-bond donors (Lipinski definition) is 0. The number of rotatable bonds is 2. The molecule has 0 spiro atoms. The van der Waals surface area contributed by atoms with Gasteiger partial charge in [-0.1, -0.05) is 32.0 Å². The van der Waals surface area contributed by atoms with Gasteiger partial charge in [-0.25, -0.2) is 4.57 Å². The fraction of sp³-hybridized carbons (Fsp3) is 0.304. The van der Waals surface area contributed by atoms with Gasteiger partial charge in [0.1, 0.15) is 7.05 Å². The fourth-order valence-electron chi connectivity index (χ4n) is 3.86. The van der Waals surface area contributed by atoms with E-state index in [2.05, 4.69) is 30.1 Å². The zero-order chi connectivity index (χ0) is 21.1. The average Bonchev–Trinajstić information content (AvgIpc) is 2.98. The van der Waals surface area contributed by atoms with Gasteiger partial charge in [0.05, 0.1) is 11.3 Å². The topological polar surface area (TPSA) is 16.8 Å². The van der Waals surface area contributed by atoms with E-state index < -0.39 is 12.7 Å². The number of fused-ring (bicyclic) bond motifs is 3. The maximum atomic E-state index is 8.57. The Morgan fingerprint density at radius 3 is 2.80 bits per heavy atom. The third-order valence-corrected chi connectivity index (χ3v) is 5.11. The summed E-state index contributed by atoms with van der Waals surface area (Å²) in [5.41, 5.74) is 8.55. The molecular weight excluding hydrogens is 304 g/mol. The Morgan fingerprint density at radius 1 is 1.20 bits per heavy atom. The molecule has 0 saturated carbocycles. The molecule has 1 aliphatic carbocycles. The molecule has 0 N–H and O–H groups in total. The smallest absolute Gasteiger partial charge is 0.213 e. The molecule has 25 heavy (non-hydrogen) atoms. The van der Waals surface area contributed by atoms with Crippen molar-refractivity contribution >= 4 is 0 Å². The van der Waals surface area contributed by atoms with Crippen molar-refractivity contribution in [3.05, 3.63) is 70.7 Å². The summed E-state index contributed by atoms with van der Waals surface area (Å²) < 4.78 is 34.3. The van der Waals surface area contributed by atoms with Crippen molar-refractivity contribution in [1.82, 2.24) is 4.98 Å². The summed E-state index contributed by atoms with van der Waals surface area (Å²) in [6, 6.07) is 10.2. The largest absolute Gasteiger partial charge is 0.260 e. The second-order valence-electron chi connectivity index (χ2n) is 7.05. The van der Waals surface area contributed by atoms with Gasteiger partial charge in [-0.05, 0) is 48.0 Å². The lowest BCUT2D eigenvalue weighted by Crippen LogP contribution is -2.32. The van der Waals surface area contributed by atoms with E-state index >= 15 is 0 Å². The zero-order valence-electron chi connectivity index (χ0n) is 19.1. The minimum Gasteiger partial charge on any atom is -0.260 e. The normalized spacial score (nSPS) is 15.7. The van der Waals surface area contributed by atoms with Crippen molar-refractivity contribution in [2.75, 3.05) is 0 Å². The van der Waals surface area contributed by atoms with E-state index in [0.717, 1.165) is 34.5 Å². The first-order valence-electron chi connectivity index (χ1n) is 10.6. The minimum absolute atomic E-state index is 0.235. The molecule has 1 aliphatic rings. The Labute approximate surface area is 155 Å². The highest BCUT2D eigenvalue weighted by Crippen LogP contribution is 2.41. The van der Waals surface area contributed by atoms with Crippen LogP contribution in [0.15, 0.2) is 42.7 Å². The van der Waals surface area contributed by atoms with E-state index in [-0.39, 0.29) is 5.56 Å². The molecule has 0 amide bonds. The fourth-order valence-corrected chi connectivity index (χ4v) is 3.86. The molecule has 0 unspecified atom stereocenters. The monoisotopic (exact) mass is 333 g/mol. The number of pyridine rings is 2. The van der Waals surface area contributed by atoms with Gasteiger partial charge in [-0.15, -0.1) is 0 Å². The Balaban J connectivity index is 2.00. The Bertz CT molecular complexity index is 1120. The molecule has 0 bridgehead atoms. The molecule has 0 radical (unpaired) electrons. The first kappa shape index (κ1) is 12.0. The van der Waals surface area contributed by atoms with Crippen LogP contribution < -0.4 is 4.57 Å². The lowest BCUT2D eigenvalue weighted by molar-refractivity contribution is -0.660. The van der Waals surface area contributed by atoms with Gasteiger partial charge in [0.15, 0.2) is 6.20 Å². The van der Waals surface area contributed by atoms with Gasteiger partial charge in [0, 0.05) is 35.3 Å². The molecule has 0 atom stereocenters. The summed E-state index contributed by atoms with van der Waals surface area (Å²) in [4.78, 5) is 4.55. The quantitative estimate of drug-likeness (QED) is 0.478. The summed E-state index contributed by atoms with van der Waals surface area (Å²) in [7, 11) is 1.88. The highest BCUT2D eigenvalue weighted by Gasteiger charge is 2.27. The van der Waals surface area contributed by atoms with Gasteiger partial charge < -0.3 is 0 Å². The van der Waals surface area contributed by atoms with E-state index in [4.69, 9.17) is 5.48 Å². The predicted octanol–water partition coefficient (Wildman–Crippen LogP) is 4.88. The van der Waals surface area contributed by atoms with Crippen molar-refractivity contribution in [2.24, 2.45) is 7.05 Å². The zero-order valence-corrected chi connectivity index (χ0v) is 15.1. The number of benzene rings is 1. The van der Waals surface area contributed by atoms with E-state index in [1.807, 2.05) is 29.9 Å². The summed E-state index contributed by atoms with van der Waals surface area (Å²) in [6.45, 7) is 3.29. The van der Waals surface area contributed by atoms with Crippen LogP contribution >= 0.6 is 0 Å². The van der Waals surface area contributed by atoms with Crippen LogP contribution in [0.1, 0.15) is 53.2 Å². The van der Waals surface area contributed by atoms with Crippen molar-refractivity contribution in [3.63, 3.8) is 0 Å². The van der Waals surface area contributed by atoms with Crippen molar-refractivity contribution in [3.8, 4) is 22.4 Å². The second kappa shape index (κ2) is 5.80. The molecule has 2 heteroatoms. The van der Waals surface area contributed by atoms with Crippen molar-refractivity contribution < 1.29 is 10.1 Å². The van der Waals surface area contributed by atoms with Crippen LogP contribution in [0.3, 0.4) is 0 Å². The number of aryl methyl sites for hydroxylation is 3. The van der Waals surface area contributed by atoms with E-state index in [9.17, 15) is 0 Å². The van der Waals surface area contributed by atoms with Crippen LogP contribution in [0.5, 0.6) is 0 Å². The first-order chi connectivity index (χ1) is 13.5. The summed E-state index contributed by atoms with van der Waals surface area (Å²) in [5.74, 6) is -1.02. The average molecular weight is 333 g/mol. The number of aromatic nitrogens is 2. The number of hydrogen-bond acceptors (Lipinski definition) is 1. The molecule has 3 aromatic rings. The molecule has 0 fully saturated rings. The third-order valence-electron chi connectivity index (χ3n) is 5.11. The molecule has 0 aliphatic heterocycles. The van der Waals surface area contributed by atoms with Crippen LogP contribution in [0.2, 0.25) is 0 Å². The Morgan fingerprint density at radius 2 is 2.04 bits per heavy atom. The van der Waals surface area contributed by atoms with Gasteiger partial charge in [0.2, 0.25) is 5.69 Å². The van der Waals surface area contributed by atoms with Crippen LogP contribution in [0.4, 0.5) is 0 Å². The van der Waals surface area contributed by atoms with E-state index in [1.165, 1.54) is 11.1 Å². The summed E-state index contributed by atoms with van der Waals surface area (Å²) in [5, 5.41) is 0. The van der Waals surface area contributed by atoms with Gasteiger partial charge in [0.25, 0.3) is 0 Å². The van der Waals surface area contributed by atoms with Crippen LogP contribution in [-0.4, -0.2) is 4.98 Å². The van der Waals surface area contributed by atoms with Gasteiger partial charge in [-0.3, -0.25) is 4.98 Å². The maximum absolute atomic E-state index is 8.57. The maximum Gasteiger partial charge on any atom is 0.213 e. The lowest BCUT2D eigenvalue weighted by atomic mass is 9.91. The SMILES string of the molecule is [2H]C([2H])([2H])c1c[n+](C)c(-c2c(C)ccc3c2Cc2ncccc2-3)cc1C([2H])(C)C. The third kappa shape index (κ3) is 2.48. The van der Waals surface area contributed by atoms with E-state index in [1.54, 1.807) is 20.0 Å². The molecule has 0 saturated heterocycles. The summed E-state index contributed by atoms with van der Waals surface area (Å²) in [6.07, 6.45) is 4.25. The van der Waals surface area contributed by atoms with Crippen LogP contribution in [0, 0.1) is 13.8 Å². The van der Waals surface area contributed by atoms with Gasteiger partial charge >= 0.3 is 0 Å². The van der Waals surface area contributed by atoms with Gasteiger partial charge in [-0.2, -0.15) is 0 Å². The highest BCUT2D eigenvalue weighted by molar-refractivity contribution is 5.84. The standard InChI is InChI=1S/C23H25N2/c1-14(2)19-12-22(25(5)13-16(19)4)23-15(3)8-9-17-18-7-6-10-24-21(18)11-20(17)23/h6-10,12-14H,11H2,1-5H3/q+1/i4D3,14D. The highest BCUT2D eigenvalue weighted by atomic mass is 14.9. The van der Waals surface area contributed by atoms with Crippen molar-refractivity contribution in [1.29, 1.82) is 0 Å². The van der Waals surface area contributed by atoms with Crippen LogP contribution in [0.25, 0.3) is 22.4 Å². The molecular formula is C23H25N2+. The second-order valence-corrected chi connectivity index (χ2v) is 7.05. The molecule has 2 heterocycles.